The third-order valence-electron chi connectivity index (χ3n) is 6.49. The van der Waals surface area contributed by atoms with Gasteiger partial charge in [-0.25, -0.2) is 13.6 Å². The Morgan fingerprint density at radius 2 is 1.63 bits per heavy atom. The molecule has 4 rings (SSSR count). The van der Waals surface area contributed by atoms with Crippen molar-refractivity contribution < 1.29 is 23.4 Å². The number of aliphatic hydroxyl groups excluding tert-OH is 2. The SMILES string of the molecule is NS(=O)(=O)c1ccccc1C[C@H](O)C[C@H](Cc1ccccc1)C(=O)N[C@H]1c2ccccc2C[C@H]1O. The fourth-order valence-corrected chi connectivity index (χ4v) is 5.60. The second-order valence-electron chi connectivity index (χ2n) is 9.09. The fourth-order valence-electron chi connectivity index (χ4n) is 4.82. The van der Waals surface area contributed by atoms with Gasteiger partial charge in [-0.05, 0) is 47.6 Å². The molecular formula is C27H30N2O5S. The van der Waals surface area contributed by atoms with E-state index in [1.165, 1.54) is 6.07 Å². The van der Waals surface area contributed by atoms with Gasteiger partial charge in [-0.3, -0.25) is 4.79 Å². The molecule has 4 atom stereocenters. The summed E-state index contributed by atoms with van der Waals surface area (Å²) in [5.74, 6) is -0.859. The summed E-state index contributed by atoms with van der Waals surface area (Å²) in [5, 5.41) is 29.8. The van der Waals surface area contributed by atoms with Gasteiger partial charge in [0, 0.05) is 12.3 Å². The molecule has 8 heteroatoms. The molecule has 3 aromatic rings. The largest absolute Gasteiger partial charge is 0.393 e. The number of amides is 1. The molecule has 0 fully saturated rings. The van der Waals surface area contributed by atoms with Crippen LogP contribution in [0.2, 0.25) is 0 Å². The monoisotopic (exact) mass is 494 g/mol. The Morgan fingerprint density at radius 1 is 0.971 bits per heavy atom. The Balaban J connectivity index is 1.53. The lowest BCUT2D eigenvalue weighted by Crippen LogP contribution is -2.39. The minimum absolute atomic E-state index is 0.0335. The molecule has 0 spiro atoms. The molecule has 0 saturated carbocycles. The predicted octanol–water partition coefficient (Wildman–Crippen LogP) is 2.26. The number of hydrogen-bond acceptors (Lipinski definition) is 5. The smallest absolute Gasteiger partial charge is 0.238 e. The van der Waals surface area contributed by atoms with Crippen molar-refractivity contribution in [2.24, 2.45) is 11.1 Å². The molecule has 0 radical (unpaired) electrons. The highest BCUT2D eigenvalue weighted by atomic mass is 32.2. The molecule has 7 nitrogen and oxygen atoms in total. The Bertz CT molecular complexity index is 1280. The van der Waals surface area contributed by atoms with Crippen LogP contribution in [0.5, 0.6) is 0 Å². The molecule has 5 N–H and O–H groups in total. The molecule has 184 valence electrons. The van der Waals surface area contributed by atoms with Crippen molar-refractivity contribution >= 4 is 15.9 Å². The summed E-state index contributed by atoms with van der Waals surface area (Å²) in [6.07, 6.45) is -0.675. The van der Waals surface area contributed by atoms with Gasteiger partial charge in [-0.1, -0.05) is 72.8 Å². The van der Waals surface area contributed by atoms with Crippen LogP contribution in [-0.2, 0) is 34.1 Å². The summed E-state index contributed by atoms with van der Waals surface area (Å²) in [6, 6.07) is 22.9. The van der Waals surface area contributed by atoms with Gasteiger partial charge in [-0.15, -0.1) is 0 Å². The highest BCUT2D eigenvalue weighted by Crippen LogP contribution is 2.32. The first-order chi connectivity index (χ1) is 16.7. The predicted molar refractivity (Wildman–Crippen MR) is 133 cm³/mol. The molecule has 35 heavy (non-hydrogen) atoms. The van der Waals surface area contributed by atoms with Crippen molar-refractivity contribution in [2.45, 2.75) is 48.8 Å². The number of carbonyl (C=O) groups excluding carboxylic acids is 1. The van der Waals surface area contributed by atoms with E-state index in [2.05, 4.69) is 5.32 Å². The second kappa shape index (κ2) is 10.7. The number of fused-ring (bicyclic) bond motifs is 1. The van der Waals surface area contributed by atoms with Crippen LogP contribution in [-0.4, -0.2) is 36.7 Å². The van der Waals surface area contributed by atoms with E-state index >= 15 is 0 Å². The number of sulfonamides is 1. The van der Waals surface area contributed by atoms with E-state index < -0.39 is 34.2 Å². The topological polar surface area (TPSA) is 130 Å². The van der Waals surface area contributed by atoms with Crippen LogP contribution >= 0.6 is 0 Å². The molecule has 1 amide bonds. The molecule has 1 aliphatic carbocycles. The van der Waals surface area contributed by atoms with E-state index in [0.29, 0.717) is 18.4 Å². The fraction of sp³-hybridized carbons (Fsp3) is 0.296. The number of nitrogens with one attached hydrogen (secondary N) is 1. The molecule has 0 saturated heterocycles. The summed E-state index contributed by atoms with van der Waals surface area (Å²) < 4.78 is 23.9. The van der Waals surface area contributed by atoms with Crippen LogP contribution in [0.15, 0.2) is 83.8 Å². The lowest BCUT2D eigenvalue weighted by molar-refractivity contribution is -0.127. The molecule has 1 aliphatic rings. The van der Waals surface area contributed by atoms with Crippen molar-refractivity contribution in [1.29, 1.82) is 0 Å². The number of nitrogens with two attached hydrogens (primary N) is 1. The Kier molecular flexibility index (Phi) is 7.66. The first-order valence-corrected chi connectivity index (χ1v) is 13.2. The Morgan fingerprint density at radius 3 is 2.37 bits per heavy atom. The highest BCUT2D eigenvalue weighted by molar-refractivity contribution is 7.89. The van der Waals surface area contributed by atoms with Gasteiger partial charge >= 0.3 is 0 Å². The number of primary sulfonamides is 1. The van der Waals surface area contributed by atoms with Gasteiger partial charge in [0.15, 0.2) is 0 Å². The minimum Gasteiger partial charge on any atom is -0.393 e. The zero-order chi connectivity index (χ0) is 25.0. The van der Waals surface area contributed by atoms with Crippen LogP contribution in [0.1, 0.15) is 34.7 Å². The van der Waals surface area contributed by atoms with E-state index in [0.717, 1.165) is 16.7 Å². The number of aliphatic hydroxyl groups is 2. The van der Waals surface area contributed by atoms with Crippen molar-refractivity contribution in [3.63, 3.8) is 0 Å². The minimum atomic E-state index is -3.94. The highest BCUT2D eigenvalue weighted by Gasteiger charge is 2.34. The van der Waals surface area contributed by atoms with E-state index in [9.17, 15) is 23.4 Å². The molecule has 0 bridgehead atoms. The van der Waals surface area contributed by atoms with Gasteiger partial charge in [0.05, 0.1) is 23.1 Å². The van der Waals surface area contributed by atoms with Crippen molar-refractivity contribution in [3.05, 3.63) is 101 Å². The van der Waals surface area contributed by atoms with Gasteiger partial charge in [0.1, 0.15) is 0 Å². The first kappa shape index (κ1) is 25.1. The number of carbonyl (C=O) groups is 1. The summed E-state index contributed by atoms with van der Waals surface area (Å²) >= 11 is 0. The molecule has 0 aromatic heterocycles. The average molecular weight is 495 g/mol. The van der Waals surface area contributed by atoms with Crippen LogP contribution in [0.4, 0.5) is 0 Å². The lowest BCUT2D eigenvalue weighted by Gasteiger charge is -2.24. The molecule has 0 heterocycles. The second-order valence-corrected chi connectivity index (χ2v) is 10.6. The van der Waals surface area contributed by atoms with Crippen LogP contribution in [0.3, 0.4) is 0 Å². The van der Waals surface area contributed by atoms with Gasteiger partial charge < -0.3 is 15.5 Å². The summed E-state index contributed by atoms with van der Waals surface area (Å²) in [7, 11) is -3.94. The lowest BCUT2D eigenvalue weighted by atomic mass is 9.90. The van der Waals surface area contributed by atoms with E-state index in [1.807, 2.05) is 54.6 Å². The average Bonchev–Trinajstić information content (AvgIpc) is 3.14. The maximum absolute atomic E-state index is 13.4. The third kappa shape index (κ3) is 6.15. The van der Waals surface area contributed by atoms with Crippen LogP contribution in [0.25, 0.3) is 0 Å². The van der Waals surface area contributed by atoms with Crippen LogP contribution < -0.4 is 10.5 Å². The zero-order valence-electron chi connectivity index (χ0n) is 19.2. The number of benzene rings is 3. The summed E-state index contributed by atoms with van der Waals surface area (Å²) in [5.41, 5.74) is 3.25. The molecule has 3 aromatic carbocycles. The zero-order valence-corrected chi connectivity index (χ0v) is 20.1. The quantitative estimate of drug-likeness (QED) is 0.363. The van der Waals surface area contributed by atoms with Gasteiger partial charge in [0.25, 0.3) is 0 Å². The normalized spacial score (nSPS) is 19.1. The molecular weight excluding hydrogens is 464 g/mol. The van der Waals surface area contributed by atoms with Gasteiger partial charge in [0.2, 0.25) is 15.9 Å². The number of rotatable bonds is 9. The first-order valence-electron chi connectivity index (χ1n) is 11.6. The standard InChI is InChI=1S/C27H30N2O5S/c28-35(33,34)25-13-7-5-11-20(25)15-22(30)16-21(14-18-8-2-1-3-9-18)27(32)29-26-23-12-6-4-10-19(23)17-24(26)31/h1-13,21-22,24,26,30-31H,14-17H2,(H,29,32)(H2,28,33,34)/t21-,22-,24+,26-/m0/s1. The van der Waals surface area contributed by atoms with Crippen molar-refractivity contribution in [1.82, 2.24) is 5.32 Å². The maximum Gasteiger partial charge on any atom is 0.238 e. The van der Waals surface area contributed by atoms with E-state index in [1.54, 1.807) is 18.2 Å². The van der Waals surface area contributed by atoms with Crippen molar-refractivity contribution in [3.8, 4) is 0 Å². The maximum atomic E-state index is 13.4. The van der Waals surface area contributed by atoms with Crippen LogP contribution in [0, 0.1) is 5.92 Å². The van der Waals surface area contributed by atoms with Gasteiger partial charge in [-0.2, -0.15) is 0 Å². The summed E-state index contributed by atoms with van der Waals surface area (Å²) in [4.78, 5) is 13.4. The summed E-state index contributed by atoms with van der Waals surface area (Å²) in [6.45, 7) is 0. The molecule has 0 aliphatic heterocycles. The molecule has 0 unspecified atom stereocenters. The number of hydrogen-bond donors (Lipinski definition) is 4. The third-order valence-corrected chi connectivity index (χ3v) is 7.50. The van der Waals surface area contributed by atoms with Crippen molar-refractivity contribution in [2.75, 3.05) is 0 Å². The van der Waals surface area contributed by atoms with E-state index in [4.69, 9.17) is 5.14 Å². The Hall–Kier alpha value is -3.04. The van der Waals surface area contributed by atoms with E-state index in [-0.39, 0.29) is 23.6 Å². The Labute approximate surface area is 205 Å².